The molecular formula is C23H41N3O3S. The molecule has 1 aliphatic carbocycles. The van der Waals surface area contributed by atoms with Gasteiger partial charge in [0.15, 0.2) is 0 Å². The molecule has 1 aromatic carbocycles. The molecule has 0 aromatic heterocycles. The van der Waals surface area contributed by atoms with Crippen LogP contribution in [0.3, 0.4) is 0 Å². The van der Waals surface area contributed by atoms with Crippen LogP contribution in [0.1, 0.15) is 71.8 Å². The van der Waals surface area contributed by atoms with Gasteiger partial charge in [0.25, 0.3) is 0 Å². The molecule has 1 unspecified atom stereocenters. The van der Waals surface area contributed by atoms with Crippen molar-refractivity contribution in [3.8, 4) is 0 Å². The van der Waals surface area contributed by atoms with Crippen LogP contribution in [0.4, 0.5) is 4.79 Å². The van der Waals surface area contributed by atoms with E-state index in [0.717, 1.165) is 24.8 Å². The number of amides is 2. The van der Waals surface area contributed by atoms with Crippen molar-refractivity contribution >= 4 is 16.1 Å². The Labute approximate surface area is 183 Å². The zero-order chi connectivity index (χ0) is 20.0. The molecule has 2 N–H and O–H groups in total. The molecule has 172 valence electrons. The molecule has 7 heteroatoms. The minimum atomic E-state index is -3.47. The highest BCUT2D eigenvalue weighted by molar-refractivity contribution is 7.89. The second-order valence-electron chi connectivity index (χ2n) is 8.18. The van der Waals surface area contributed by atoms with Crippen molar-refractivity contribution in [3.05, 3.63) is 29.8 Å². The number of benzene rings is 1. The van der Waals surface area contributed by atoms with Gasteiger partial charge < -0.3 is 10.6 Å². The number of nitrogens with one attached hydrogen (secondary N) is 2. The number of rotatable bonds is 5. The van der Waals surface area contributed by atoms with E-state index in [1.807, 2.05) is 19.1 Å². The van der Waals surface area contributed by atoms with Gasteiger partial charge in [-0.1, -0.05) is 65.2 Å². The minimum Gasteiger partial charge on any atom is -0.338 e. The van der Waals surface area contributed by atoms with Crippen LogP contribution in [-0.4, -0.2) is 44.4 Å². The third-order valence-corrected chi connectivity index (χ3v) is 7.98. The quantitative estimate of drug-likeness (QED) is 0.698. The van der Waals surface area contributed by atoms with Gasteiger partial charge in [0.1, 0.15) is 0 Å². The maximum atomic E-state index is 12.9. The highest BCUT2D eigenvalue weighted by atomic mass is 32.2. The highest BCUT2D eigenvalue weighted by Gasteiger charge is 2.33. The summed E-state index contributed by atoms with van der Waals surface area (Å²) in [4.78, 5) is 12.6. The molecule has 1 aliphatic heterocycles. The summed E-state index contributed by atoms with van der Waals surface area (Å²) in [5.41, 5.74) is 0.766. The molecule has 2 amide bonds. The number of aryl methyl sites for hydroxylation is 1. The average molecular weight is 440 g/mol. The second-order valence-corrected chi connectivity index (χ2v) is 10.1. The summed E-state index contributed by atoms with van der Waals surface area (Å²) < 4.78 is 27.3. The van der Waals surface area contributed by atoms with Crippen molar-refractivity contribution in [3.63, 3.8) is 0 Å². The molecule has 1 heterocycles. The van der Waals surface area contributed by atoms with Crippen molar-refractivity contribution in [2.24, 2.45) is 5.92 Å². The van der Waals surface area contributed by atoms with Gasteiger partial charge in [0, 0.05) is 25.7 Å². The van der Waals surface area contributed by atoms with Crippen LogP contribution in [0.25, 0.3) is 0 Å². The number of sulfonamides is 1. The van der Waals surface area contributed by atoms with E-state index in [1.54, 1.807) is 16.4 Å². The second kappa shape index (κ2) is 12.3. The molecule has 1 saturated carbocycles. The summed E-state index contributed by atoms with van der Waals surface area (Å²) >= 11 is 0. The Morgan fingerprint density at radius 1 is 1.03 bits per heavy atom. The van der Waals surface area contributed by atoms with Gasteiger partial charge in [-0.15, -0.1) is 0 Å². The summed E-state index contributed by atoms with van der Waals surface area (Å²) in [6.45, 7) is 3.30. The SMILES string of the molecule is C.C.Cc1ccccc1S(=O)(=O)N1CCC(CNC(=O)NC2CCCCCCC2)C1. The van der Waals surface area contributed by atoms with Crippen LogP contribution >= 0.6 is 0 Å². The Morgan fingerprint density at radius 3 is 2.33 bits per heavy atom. The summed E-state index contributed by atoms with van der Waals surface area (Å²) in [7, 11) is -3.47. The predicted molar refractivity (Wildman–Crippen MR) is 124 cm³/mol. The fourth-order valence-corrected chi connectivity index (χ4v) is 6.00. The van der Waals surface area contributed by atoms with Gasteiger partial charge in [0.05, 0.1) is 4.90 Å². The Kier molecular flexibility index (Phi) is 10.8. The number of carbonyl (C=O) groups is 1. The molecule has 0 spiro atoms. The van der Waals surface area contributed by atoms with Crippen LogP contribution < -0.4 is 10.6 Å². The van der Waals surface area contributed by atoms with Crippen LogP contribution in [0.5, 0.6) is 0 Å². The van der Waals surface area contributed by atoms with Crippen LogP contribution in [0.2, 0.25) is 0 Å². The van der Waals surface area contributed by atoms with E-state index in [-0.39, 0.29) is 32.8 Å². The molecule has 1 aromatic rings. The highest BCUT2D eigenvalue weighted by Crippen LogP contribution is 2.26. The fourth-order valence-electron chi connectivity index (χ4n) is 4.24. The topological polar surface area (TPSA) is 78.5 Å². The summed E-state index contributed by atoms with van der Waals surface area (Å²) in [5, 5.41) is 6.06. The first-order valence-corrected chi connectivity index (χ1v) is 12.0. The van der Waals surface area contributed by atoms with Crippen molar-refractivity contribution < 1.29 is 13.2 Å². The third-order valence-electron chi connectivity index (χ3n) is 5.95. The number of hydrogen-bond acceptors (Lipinski definition) is 3. The van der Waals surface area contributed by atoms with E-state index in [4.69, 9.17) is 0 Å². The third kappa shape index (κ3) is 6.98. The molecule has 6 nitrogen and oxygen atoms in total. The van der Waals surface area contributed by atoms with E-state index >= 15 is 0 Å². The van der Waals surface area contributed by atoms with Crippen molar-refractivity contribution in [2.75, 3.05) is 19.6 Å². The first-order valence-electron chi connectivity index (χ1n) is 10.6. The molecule has 30 heavy (non-hydrogen) atoms. The molecule has 2 fully saturated rings. The zero-order valence-electron chi connectivity index (χ0n) is 16.8. The lowest BCUT2D eigenvalue weighted by Crippen LogP contribution is -2.44. The Morgan fingerprint density at radius 2 is 1.67 bits per heavy atom. The number of nitrogens with zero attached hydrogens (tertiary/aromatic N) is 1. The van der Waals surface area contributed by atoms with Gasteiger partial charge in [-0.05, 0) is 43.7 Å². The first-order chi connectivity index (χ1) is 13.5. The lowest BCUT2D eigenvalue weighted by atomic mass is 9.97. The molecule has 1 saturated heterocycles. The van der Waals surface area contributed by atoms with Crippen LogP contribution in [0, 0.1) is 12.8 Å². The average Bonchev–Trinajstić information content (AvgIpc) is 3.12. The van der Waals surface area contributed by atoms with Gasteiger partial charge in [-0.25, -0.2) is 13.2 Å². The van der Waals surface area contributed by atoms with Gasteiger partial charge in [-0.2, -0.15) is 4.31 Å². The predicted octanol–water partition coefficient (Wildman–Crippen LogP) is 4.69. The Bertz CT molecular complexity index is 759. The molecule has 0 radical (unpaired) electrons. The van der Waals surface area contributed by atoms with E-state index in [0.29, 0.717) is 24.5 Å². The molecular weight excluding hydrogens is 398 g/mol. The van der Waals surface area contributed by atoms with Crippen molar-refractivity contribution in [2.45, 2.75) is 84.1 Å². The molecule has 3 rings (SSSR count). The van der Waals surface area contributed by atoms with E-state index in [2.05, 4.69) is 10.6 Å². The molecule has 0 bridgehead atoms. The molecule has 2 aliphatic rings. The first kappa shape index (κ1) is 26.4. The van der Waals surface area contributed by atoms with Crippen LogP contribution in [0.15, 0.2) is 29.2 Å². The van der Waals surface area contributed by atoms with E-state index in [1.165, 1.54) is 32.1 Å². The number of hydrogen-bond donors (Lipinski definition) is 2. The molecule has 1 atom stereocenters. The summed E-state index contributed by atoms with van der Waals surface area (Å²) in [6, 6.07) is 7.24. The van der Waals surface area contributed by atoms with Crippen molar-refractivity contribution in [1.82, 2.24) is 14.9 Å². The van der Waals surface area contributed by atoms with E-state index < -0.39 is 10.0 Å². The van der Waals surface area contributed by atoms with Gasteiger partial charge >= 0.3 is 6.03 Å². The van der Waals surface area contributed by atoms with Gasteiger partial charge in [0.2, 0.25) is 10.0 Å². The number of urea groups is 1. The zero-order valence-corrected chi connectivity index (χ0v) is 17.6. The lowest BCUT2D eigenvalue weighted by Gasteiger charge is -2.22. The van der Waals surface area contributed by atoms with E-state index in [9.17, 15) is 13.2 Å². The number of carbonyl (C=O) groups excluding carboxylic acids is 1. The smallest absolute Gasteiger partial charge is 0.315 e. The Balaban J connectivity index is 0.00000225. The normalized spacial score (nSPS) is 20.9. The lowest BCUT2D eigenvalue weighted by molar-refractivity contribution is 0.232. The van der Waals surface area contributed by atoms with Gasteiger partial charge in [-0.3, -0.25) is 0 Å². The largest absolute Gasteiger partial charge is 0.338 e. The summed E-state index contributed by atoms with van der Waals surface area (Å²) in [6.07, 6.45) is 9.06. The minimum absolute atomic E-state index is 0. The van der Waals surface area contributed by atoms with Crippen LogP contribution in [-0.2, 0) is 10.0 Å². The summed E-state index contributed by atoms with van der Waals surface area (Å²) in [5.74, 6) is 0.155. The maximum Gasteiger partial charge on any atom is 0.315 e. The monoisotopic (exact) mass is 439 g/mol. The Hall–Kier alpha value is -1.60. The standard InChI is InChI=1S/C21H33N3O3S.2CH4/c1-17-9-7-8-12-20(17)28(26,27)24-14-13-18(16-24)15-22-21(25)23-19-10-5-3-2-4-6-11-19;;/h7-9,12,18-19H,2-6,10-11,13-16H2,1H3,(H2,22,23,25);2*1H4. The maximum absolute atomic E-state index is 12.9. The fraction of sp³-hybridized carbons (Fsp3) is 0.696. The van der Waals surface area contributed by atoms with Crippen molar-refractivity contribution in [1.29, 1.82) is 0 Å².